The molecule has 2 aliphatic rings. The molecule has 2 fully saturated rings. The van der Waals surface area contributed by atoms with Crippen LogP contribution in [0, 0.1) is 11.8 Å². The van der Waals surface area contributed by atoms with Gasteiger partial charge in [0.25, 0.3) is 0 Å². The van der Waals surface area contributed by atoms with Crippen LogP contribution in [0.15, 0.2) is 0 Å². The van der Waals surface area contributed by atoms with Gasteiger partial charge in [-0.05, 0) is 12.8 Å². The number of aliphatic hydroxyl groups is 8. The van der Waals surface area contributed by atoms with Crippen LogP contribution in [0.2, 0.25) is 0 Å². The molecule has 10 atom stereocenters. The van der Waals surface area contributed by atoms with Gasteiger partial charge in [0.15, 0.2) is 0 Å². The van der Waals surface area contributed by atoms with Crippen LogP contribution < -0.4 is 0 Å². The van der Waals surface area contributed by atoms with Crippen molar-refractivity contribution in [2.24, 2.45) is 11.8 Å². The summed E-state index contributed by atoms with van der Waals surface area (Å²) in [4.78, 5) is 0. The van der Waals surface area contributed by atoms with E-state index in [1.165, 1.54) is 0 Å². The molecule has 0 aromatic carbocycles. The summed E-state index contributed by atoms with van der Waals surface area (Å²) in [7, 11) is 0. The van der Waals surface area contributed by atoms with E-state index in [2.05, 4.69) is 0 Å². The lowest BCUT2D eigenvalue weighted by Gasteiger charge is -2.45. The van der Waals surface area contributed by atoms with E-state index >= 15 is 0 Å². The van der Waals surface area contributed by atoms with Gasteiger partial charge in [0.1, 0.15) is 24.4 Å². The van der Waals surface area contributed by atoms with Crippen LogP contribution in [-0.2, 0) is 4.74 Å². The molecule has 136 valence electrons. The average Bonchev–Trinajstić information content (AvgIpc) is 2.55. The van der Waals surface area contributed by atoms with Crippen molar-refractivity contribution < 1.29 is 45.6 Å². The molecular weight excluding hydrogens is 312 g/mol. The molecule has 0 aromatic heterocycles. The smallest absolute Gasteiger partial charge is 0.109 e. The van der Waals surface area contributed by atoms with Gasteiger partial charge in [-0.25, -0.2) is 0 Å². The molecule has 0 bridgehead atoms. The lowest BCUT2D eigenvalue weighted by molar-refractivity contribution is -0.231. The molecule has 0 heterocycles. The number of aliphatic hydroxyl groups excluding tert-OH is 8. The second-order valence-electron chi connectivity index (χ2n) is 6.51. The van der Waals surface area contributed by atoms with Gasteiger partial charge in [-0.15, -0.1) is 0 Å². The molecular formula is C14H26O9. The maximum Gasteiger partial charge on any atom is 0.109 e. The van der Waals surface area contributed by atoms with Crippen molar-refractivity contribution in [2.45, 2.75) is 61.7 Å². The maximum absolute atomic E-state index is 10.0. The fraction of sp³-hybridized carbons (Fsp3) is 1.00. The zero-order valence-electron chi connectivity index (χ0n) is 12.6. The fourth-order valence-electron chi connectivity index (χ4n) is 3.42. The van der Waals surface area contributed by atoms with Crippen molar-refractivity contribution in [2.75, 3.05) is 13.2 Å². The summed E-state index contributed by atoms with van der Waals surface area (Å²) in [5, 5.41) is 77.7. The summed E-state index contributed by atoms with van der Waals surface area (Å²) in [6.07, 6.45) is -10.2. The minimum Gasteiger partial charge on any atom is -0.396 e. The average molecular weight is 338 g/mol. The summed E-state index contributed by atoms with van der Waals surface area (Å²) >= 11 is 0. The van der Waals surface area contributed by atoms with Gasteiger partial charge in [0.05, 0.1) is 24.4 Å². The van der Waals surface area contributed by atoms with Crippen molar-refractivity contribution in [3.8, 4) is 0 Å². The van der Waals surface area contributed by atoms with E-state index in [0.29, 0.717) is 0 Å². The molecule has 2 aliphatic carbocycles. The summed E-state index contributed by atoms with van der Waals surface area (Å²) < 4.78 is 5.59. The van der Waals surface area contributed by atoms with Crippen molar-refractivity contribution in [1.29, 1.82) is 0 Å². The van der Waals surface area contributed by atoms with E-state index in [9.17, 15) is 40.9 Å². The van der Waals surface area contributed by atoms with Crippen LogP contribution >= 0.6 is 0 Å². The van der Waals surface area contributed by atoms with Crippen LogP contribution in [-0.4, -0.2) is 103 Å². The van der Waals surface area contributed by atoms with E-state index in [1.54, 1.807) is 0 Å². The first kappa shape index (κ1) is 19.0. The molecule has 8 N–H and O–H groups in total. The van der Waals surface area contributed by atoms with E-state index in [1.807, 2.05) is 0 Å². The zero-order valence-corrected chi connectivity index (χ0v) is 12.6. The summed E-state index contributed by atoms with van der Waals surface area (Å²) in [6, 6.07) is 0. The first-order chi connectivity index (χ1) is 10.8. The van der Waals surface area contributed by atoms with Crippen LogP contribution in [0.1, 0.15) is 12.8 Å². The molecule has 0 aromatic rings. The van der Waals surface area contributed by atoms with Crippen LogP contribution in [0.3, 0.4) is 0 Å². The van der Waals surface area contributed by atoms with Crippen molar-refractivity contribution in [3.63, 3.8) is 0 Å². The number of rotatable bonds is 4. The SMILES string of the molecule is OC[C@H]1C[C@H](O[C@@H]2C[C@H](CO)[C@@H](O)[C@H](O)[C@H]2O)[C@H](O)[C@@H](O)[C@@H]1O. The molecule has 9 nitrogen and oxygen atoms in total. The Balaban J connectivity index is 2.07. The van der Waals surface area contributed by atoms with Gasteiger partial charge >= 0.3 is 0 Å². The summed E-state index contributed by atoms with van der Waals surface area (Å²) in [5.41, 5.74) is 0. The topological polar surface area (TPSA) is 171 Å². The Labute approximate surface area is 133 Å². The Hall–Kier alpha value is -0.360. The Kier molecular flexibility index (Phi) is 6.34. The first-order valence-corrected chi connectivity index (χ1v) is 7.77. The van der Waals surface area contributed by atoms with Crippen molar-refractivity contribution in [3.05, 3.63) is 0 Å². The zero-order chi connectivity index (χ0) is 17.3. The van der Waals surface area contributed by atoms with Gasteiger partial charge < -0.3 is 45.6 Å². The van der Waals surface area contributed by atoms with E-state index in [-0.39, 0.29) is 12.8 Å². The molecule has 9 heteroatoms. The Morgan fingerprint density at radius 1 is 0.565 bits per heavy atom. The lowest BCUT2D eigenvalue weighted by atomic mass is 9.79. The highest BCUT2D eigenvalue weighted by Gasteiger charge is 2.48. The molecule has 0 saturated heterocycles. The van der Waals surface area contributed by atoms with Gasteiger partial charge in [-0.2, -0.15) is 0 Å². The third kappa shape index (κ3) is 3.68. The lowest BCUT2D eigenvalue weighted by Crippen LogP contribution is -2.59. The predicted octanol–water partition coefficient (Wildman–Crippen LogP) is -4.07. The van der Waals surface area contributed by atoms with Crippen LogP contribution in [0.25, 0.3) is 0 Å². The predicted molar refractivity (Wildman–Crippen MR) is 75.1 cm³/mol. The summed E-state index contributed by atoms with van der Waals surface area (Å²) in [5.74, 6) is -1.38. The quantitative estimate of drug-likeness (QED) is 0.254. The molecule has 23 heavy (non-hydrogen) atoms. The third-order valence-electron chi connectivity index (χ3n) is 5.02. The van der Waals surface area contributed by atoms with Crippen LogP contribution in [0.5, 0.6) is 0 Å². The molecule has 0 radical (unpaired) electrons. The Morgan fingerprint density at radius 3 is 1.22 bits per heavy atom. The Bertz CT molecular complexity index is 343. The largest absolute Gasteiger partial charge is 0.396 e. The van der Waals surface area contributed by atoms with E-state index < -0.39 is 73.9 Å². The molecule has 2 rings (SSSR count). The molecule has 2 saturated carbocycles. The maximum atomic E-state index is 10.0. The van der Waals surface area contributed by atoms with Crippen molar-refractivity contribution >= 4 is 0 Å². The molecule has 0 aliphatic heterocycles. The highest BCUT2D eigenvalue weighted by Crippen LogP contribution is 2.33. The Morgan fingerprint density at radius 2 is 0.913 bits per heavy atom. The van der Waals surface area contributed by atoms with Crippen molar-refractivity contribution in [1.82, 2.24) is 0 Å². The second-order valence-corrected chi connectivity index (χ2v) is 6.51. The molecule has 0 amide bonds. The monoisotopic (exact) mass is 338 g/mol. The first-order valence-electron chi connectivity index (χ1n) is 7.77. The van der Waals surface area contributed by atoms with Gasteiger partial charge in [0.2, 0.25) is 0 Å². The standard InChI is InChI=1S/C14H26O9/c15-3-5-1-7(11(19)13(21)9(5)17)23-8-2-6(4-16)10(18)14(22)12(8)20/h5-22H,1-4H2/t5-,6-,7-,8+,9-,10-,11+,12+,13+,14+/m1/s1. The number of ether oxygens (including phenoxy) is 1. The van der Waals surface area contributed by atoms with Gasteiger partial charge in [0, 0.05) is 25.0 Å². The second kappa shape index (κ2) is 7.68. The minimum atomic E-state index is -1.50. The number of hydrogen-bond donors (Lipinski definition) is 8. The molecule has 0 spiro atoms. The van der Waals surface area contributed by atoms with Gasteiger partial charge in [-0.1, -0.05) is 0 Å². The highest BCUT2D eigenvalue weighted by molar-refractivity contribution is 4.97. The van der Waals surface area contributed by atoms with E-state index in [4.69, 9.17) is 4.74 Å². The van der Waals surface area contributed by atoms with Gasteiger partial charge in [-0.3, -0.25) is 0 Å². The fourth-order valence-corrected chi connectivity index (χ4v) is 3.42. The molecule has 0 unspecified atom stereocenters. The van der Waals surface area contributed by atoms with E-state index in [0.717, 1.165) is 0 Å². The highest BCUT2D eigenvalue weighted by atomic mass is 16.5. The normalized spacial score (nSPS) is 51.7. The summed E-state index contributed by atoms with van der Waals surface area (Å²) in [6.45, 7) is -0.808. The van der Waals surface area contributed by atoms with Crippen LogP contribution in [0.4, 0.5) is 0 Å². The minimum absolute atomic E-state index is 0.0571. The number of hydrogen-bond acceptors (Lipinski definition) is 9. The third-order valence-corrected chi connectivity index (χ3v) is 5.02.